The number of anilines is 1. The maximum absolute atomic E-state index is 12.8. The van der Waals surface area contributed by atoms with Crippen LogP contribution in [0.1, 0.15) is 10.4 Å². The summed E-state index contributed by atoms with van der Waals surface area (Å²) in [6, 6.07) is 12.3. The van der Waals surface area contributed by atoms with Crippen molar-refractivity contribution in [3.05, 3.63) is 70.9 Å². The van der Waals surface area contributed by atoms with E-state index in [2.05, 4.69) is 20.5 Å². The molecule has 0 aliphatic heterocycles. The fraction of sp³-hybridized carbons (Fsp3) is 0.100. The van der Waals surface area contributed by atoms with Crippen LogP contribution in [-0.4, -0.2) is 32.8 Å². The standard InChI is InChI=1S/C20H17N5O3/c1-25-11-21-17-8-5-13(9-15(17)20(25)27)23-19(26)16-10-22-24-18(16)12-3-6-14(28-2)7-4-12/h3-11H,1-2H3,(H,22,24)(H,23,26). The minimum Gasteiger partial charge on any atom is -0.497 e. The van der Waals surface area contributed by atoms with Gasteiger partial charge in [0, 0.05) is 18.3 Å². The summed E-state index contributed by atoms with van der Waals surface area (Å²) in [7, 11) is 3.23. The van der Waals surface area contributed by atoms with Crippen molar-refractivity contribution in [2.75, 3.05) is 12.4 Å². The van der Waals surface area contributed by atoms with Gasteiger partial charge in [-0.25, -0.2) is 4.98 Å². The van der Waals surface area contributed by atoms with Crippen LogP contribution in [0.3, 0.4) is 0 Å². The molecule has 2 N–H and O–H groups in total. The Labute approximate surface area is 159 Å². The Morgan fingerprint density at radius 2 is 1.96 bits per heavy atom. The van der Waals surface area contributed by atoms with Crippen molar-refractivity contribution < 1.29 is 9.53 Å². The Hall–Kier alpha value is -3.94. The van der Waals surface area contributed by atoms with Gasteiger partial charge in [0.1, 0.15) is 5.75 Å². The van der Waals surface area contributed by atoms with Crippen LogP contribution in [0.4, 0.5) is 5.69 Å². The maximum atomic E-state index is 12.8. The van der Waals surface area contributed by atoms with Gasteiger partial charge in [-0.1, -0.05) is 0 Å². The molecule has 0 radical (unpaired) electrons. The molecule has 8 heteroatoms. The third kappa shape index (κ3) is 3.11. The number of hydrogen-bond acceptors (Lipinski definition) is 5. The predicted octanol–water partition coefficient (Wildman–Crippen LogP) is 2.58. The van der Waals surface area contributed by atoms with Crippen molar-refractivity contribution in [2.24, 2.45) is 7.05 Å². The van der Waals surface area contributed by atoms with E-state index in [0.717, 1.165) is 11.3 Å². The molecule has 140 valence electrons. The van der Waals surface area contributed by atoms with E-state index in [0.29, 0.717) is 27.8 Å². The summed E-state index contributed by atoms with van der Waals surface area (Å²) in [5.74, 6) is 0.389. The highest BCUT2D eigenvalue weighted by molar-refractivity contribution is 6.08. The molecule has 2 aromatic carbocycles. The molecule has 4 aromatic rings. The molecular weight excluding hydrogens is 358 g/mol. The first-order valence-corrected chi connectivity index (χ1v) is 8.51. The first-order chi connectivity index (χ1) is 13.6. The van der Waals surface area contributed by atoms with Gasteiger partial charge in [0.15, 0.2) is 0 Å². The summed E-state index contributed by atoms with van der Waals surface area (Å²) in [6.07, 6.45) is 2.94. The minimum atomic E-state index is -0.334. The van der Waals surface area contributed by atoms with Gasteiger partial charge >= 0.3 is 0 Å². The fourth-order valence-electron chi connectivity index (χ4n) is 2.92. The molecule has 2 aromatic heterocycles. The van der Waals surface area contributed by atoms with Crippen molar-refractivity contribution in [3.63, 3.8) is 0 Å². The van der Waals surface area contributed by atoms with Crippen molar-refractivity contribution in [3.8, 4) is 17.0 Å². The van der Waals surface area contributed by atoms with Gasteiger partial charge in [-0.05, 0) is 42.5 Å². The van der Waals surface area contributed by atoms with Crippen LogP contribution in [0.15, 0.2) is 59.8 Å². The van der Waals surface area contributed by atoms with Crippen molar-refractivity contribution in [2.45, 2.75) is 0 Å². The van der Waals surface area contributed by atoms with Gasteiger partial charge < -0.3 is 14.6 Å². The Morgan fingerprint density at radius 1 is 1.18 bits per heavy atom. The Balaban J connectivity index is 1.64. The number of H-pyrrole nitrogens is 1. The van der Waals surface area contributed by atoms with Crippen LogP contribution in [0.2, 0.25) is 0 Å². The zero-order chi connectivity index (χ0) is 19.7. The highest BCUT2D eigenvalue weighted by Crippen LogP contribution is 2.24. The smallest absolute Gasteiger partial charge is 0.260 e. The summed E-state index contributed by atoms with van der Waals surface area (Å²) in [6.45, 7) is 0. The first-order valence-electron chi connectivity index (χ1n) is 8.51. The lowest BCUT2D eigenvalue weighted by atomic mass is 10.1. The van der Waals surface area contributed by atoms with Gasteiger partial charge in [-0.2, -0.15) is 5.10 Å². The number of aromatic amines is 1. The number of nitrogens with zero attached hydrogens (tertiary/aromatic N) is 3. The molecule has 0 atom stereocenters. The Bertz CT molecular complexity index is 1220. The van der Waals surface area contributed by atoms with Crippen LogP contribution >= 0.6 is 0 Å². The second kappa shape index (κ2) is 6.99. The molecule has 0 saturated heterocycles. The number of fused-ring (bicyclic) bond motifs is 1. The summed E-state index contributed by atoms with van der Waals surface area (Å²) in [5.41, 5.74) is 2.69. The first kappa shape index (κ1) is 17.5. The van der Waals surface area contributed by atoms with E-state index in [-0.39, 0.29) is 11.5 Å². The second-order valence-corrected chi connectivity index (χ2v) is 6.23. The number of rotatable bonds is 4. The molecule has 1 amide bonds. The zero-order valence-electron chi connectivity index (χ0n) is 15.3. The molecule has 8 nitrogen and oxygen atoms in total. The molecule has 2 heterocycles. The number of carbonyl (C=O) groups excluding carboxylic acids is 1. The zero-order valence-corrected chi connectivity index (χ0v) is 15.3. The Morgan fingerprint density at radius 3 is 2.71 bits per heavy atom. The molecule has 0 fully saturated rings. The van der Waals surface area contributed by atoms with E-state index in [1.165, 1.54) is 17.1 Å². The highest BCUT2D eigenvalue weighted by Gasteiger charge is 2.16. The SMILES string of the molecule is COc1ccc(-c2[nH]ncc2C(=O)Nc2ccc3ncn(C)c(=O)c3c2)cc1. The van der Waals surface area contributed by atoms with Crippen molar-refractivity contribution in [1.82, 2.24) is 19.7 Å². The number of benzene rings is 2. The van der Waals surface area contributed by atoms with E-state index in [9.17, 15) is 9.59 Å². The van der Waals surface area contributed by atoms with Gasteiger partial charge in [0.05, 0.1) is 41.8 Å². The number of aromatic nitrogens is 4. The summed E-state index contributed by atoms with van der Waals surface area (Å²) >= 11 is 0. The maximum Gasteiger partial charge on any atom is 0.260 e. The van der Waals surface area contributed by atoms with Crippen molar-refractivity contribution >= 4 is 22.5 Å². The molecule has 28 heavy (non-hydrogen) atoms. The number of nitrogens with one attached hydrogen (secondary N) is 2. The third-order valence-corrected chi connectivity index (χ3v) is 4.44. The van der Waals surface area contributed by atoms with E-state index < -0.39 is 0 Å². The number of aryl methyl sites for hydroxylation is 1. The Kier molecular flexibility index (Phi) is 4.36. The molecular formula is C20H17N5O3. The van der Waals surface area contributed by atoms with E-state index in [4.69, 9.17) is 4.74 Å². The van der Waals surface area contributed by atoms with Crippen LogP contribution in [0, 0.1) is 0 Å². The lowest BCUT2D eigenvalue weighted by Crippen LogP contribution is -2.17. The van der Waals surface area contributed by atoms with Crippen LogP contribution in [-0.2, 0) is 7.05 Å². The van der Waals surface area contributed by atoms with Gasteiger partial charge in [0.2, 0.25) is 0 Å². The normalized spacial score (nSPS) is 10.8. The van der Waals surface area contributed by atoms with E-state index in [1.54, 1.807) is 32.4 Å². The lowest BCUT2D eigenvalue weighted by molar-refractivity contribution is 0.102. The van der Waals surface area contributed by atoms with E-state index >= 15 is 0 Å². The highest BCUT2D eigenvalue weighted by atomic mass is 16.5. The van der Waals surface area contributed by atoms with Crippen LogP contribution in [0.25, 0.3) is 22.2 Å². The third-order valence-electron chi connectivity index (χ3n) is 4.44. The molecule has 0 saturated carbocycles. The minimum absolute atomic E-state index is 0.177. The molecule has 0 aliphatic carbocycles. The number of methoxy groups -OCH3 is 1. The molecule has 0 spiro atoms. The average molecular weight is 375 g/mol. The van der Waals surface area contributed by atoms with Crippen molar-refractivity contribution in [1.29, 1.82) is 0 Å². The predicted molar refractivity (Wildman–Crippen MR) is 106 cm³/mol. The number of carbonyl (C=O) groups is 1. The van der Waals surface area contributed by atoms with Gasteiger partial charge in [0.25, 0.3) is 11.5 Å². The molecule has 0 aliphatic rings. The second-order valence-electron chi connectivity index (χ2n) is 6.23. The summed E-state index contributed by atoms with van der Waals surface area (Å²) in [4.78, 5) is 29.3. The number of amides is 1. The topological polar surface area (TPSA) is 102 Å². The molecule has 4 rings (SSSR count). The summed E-state index contributed by atoms with van der Waals surface area (Å²) in [5, 5.41) is 10.1. The molecule has 0 unspecified atom stereocenters. The van der Waals surface area contributed by atoms with Crippen LogP contribution < -0.4 is 15.6 Å². The monoisotopic (exact) mass is 375 g/mol. The fourth-order valence-corrected chi connectivity index (χ4v) is 2.92. The lowest BCUT2D eigenvalue weighted by Gasteiger charge is -2.08. The number of ether oxygens (including phenoxy) is 1. The average Bonchev–Trinajstić information content (AvgIpc) is 3.21. The van der Waals surface area contributed by atoms with Crippen LogP contribution in [0.5, 0.6) is 5.75 Å². The number of hydrogen-bond donors (Lipinski definition) is 2. The quantitative estimate of drug-likeness (QED) is 0.571. The van der Waals surface area contributed by atoms with Gasteiger partial charge in [-0.3, -0.25) is 14.7 Å². The van der Waals surface area contributed by atoms with E-state index in [1.807, 2.05) is 24.3 Å². The molecule has 0 bridgehead atoms. The largest absolute Gasteiger partial charge is 0.497 e. The van der Waals surface area contributed by atoms with Gasteiger partial charge in [-0.15, -0.1) is 0 Å². The summed E-state index contributed by atoms with van der Waals surface area (Å²) < 4.78 is 6.55.